The second-order valence-electron chi connectivity index (χ2n) is 4.25. The summed E-state index contributed by atoms with van der Waals surface area (Å²) in [4.78, 5) is 0. The highest BCUT2D eigenvalue weighted by molar-refractivity contribution is 6.42. The van der Waals surface area contributed by atoms with Gasteiger partial charge in [-0.2, -0.15) is 0 Å². The third-order valence-corrected chi connectivity index (χ3v) is 3.52. The summed E-state index contributed by atoms with van der Waals surface area (Å²) < 4.78 is 5.60. The van der Waals surface area contributed by atoms with Gasteiger partial charge in [-0.3, -0.25) is 0 Å². The van der Waals surface area contributed by atoms with Crippen molar-refractivity contribution in [2.75, 3.05) is 19.8 Å². The van der Waals surface area contributed by atoms with Crippen molar-refractivity contribution in [3.05, 3.63) is 33.8 Å². The van der Waals surface area contributed by atoms with Crippen LogP contribution < -0.4 is 5.32 Å². The summed E-state index contributed by atoms with van der Waals surface area (Å²) in [5.41, 5.74) is 1.07. The molecule has 0 saturated carbocycles. The summed E-state index contributed by atoms with van der Waals surface area (Å²) in [5, 5.41) is 4.67. The number of ether oxygens (including phenoxy) is 1. The first-order valence-corrected chi connectivity index (χ1v) is 7.18. The number of nitrogens with one attached hydrogen (secondary N) is 1. The molecule has 0 bridgehead atoms. The number of halogens is 2. The largest absolute Gasteiger partial charge is 0.380 e. The Morgan fingerprint density at radius 1 is 1.28 bits per heavy atom. The van der Waals surface area contributed by atoms with Crippen molar-refractivity contribution < 1.29 is 4.74 Å². The predicted octanol–water partition coefficient (Wildman–Crippen LogP) is 3.94. The van der Waals surface area contributed by atoms with E-state index in [0.29, 0.717) is 16.7 Å². The molecule has 0 aliphatic carbocycles. The molecule has 0 saturated heterocycles. The Balaban J connectivity index is 2.61. The van der Waals surface area contributed by atoms with Crippen LogP contribution in [0.1, 0.15) is 25.8 Å². The molecule has 0 radical (unpaired) electrons. The Labute approximate surface area is 120 Å². The molecule has 1 N–H and O–H groups in total. The van der Waals surface area contributed by atoms with Crippen LogP contribution in [0.4, 0.5) is 0 Å². The molecule has 0 aliphatic rings. The maximum absolute atomic E-state index is 6.20. The van der Waals surface area contributed by atoms with Crippen molar-refractivity contribution in [3.8, 4) is 0 Å². The molecule has 2 nitrogen and oxygen atoms in total. The normalized spacial score (nSPS) is 12.7. The molecular formula is C14H21Cl2NO. The monoisotopic (exact) mass is 289 g/mol. The molecule has 0 aromatic heterocycles. The Morgan fingerprint density at radius 2 is 2.06 bits per heavy atom. The van der Waals surface area contributed by atoms with Crippen molar-refractivity contribution in [1.29, 1.82) is 0 Å². The van der Waals surface area contributed by atoms with Crippen LogP contribution in [0.5, 0.6) is 0 Å². The van der Waals surface area contributed by atoms with Gasteiger partial charge in [-0.25, -0.2) is 0 Å². The van der Waals surface area contributed by atoms with E-state index in [0.717, 1.165) is 31.6 Å². The first-order chi connectivity index (χ1) is 8.69. The lowest BCUT2D eigenvalue weighted by molar-refractivity contribution is 0.112. The Morgan fingerprint density at radius 3 is 2.72 bits per heavy atom. The molecule has 1 aromatic rings. The van der Waals surface area contributed by atoms with E-state index in [1.54, 1.807) is 0 Å². The van der Waals surface area contributed by atoms with Crippen LogP contribution in [0.2, 0.25) is 10.0 Å². The lowest BCUT2D eigenvalue weighted by Gasteiger charge is -2.19. The van der Waals surface area contributed by atoms with Crippen LogP contribution in [-0.2, 0) is 11.2 Å². The van der Waals surface area contributed by atoms with Crippen LogP contribution in [0, 0.1) is 0 Å². The third kappa shape index (κ3) is 5.15. The molecule has 1 atom stereocenters. The topological polar surface area (TPSA) is 21.3 Å². The van der Waals surface area contributed by atoms with Crippen molar-refractivity contribution in [3.63, 3.8) is 0 Å². The summed E-state index contributed by atoms with van der Waals surface area (Å²) >= 11 is 12.2. The van der Waals surface area contributed by atoms with Crippen LogP contribution in [0.15, 0.2) is 18.2 Å². The zero-order valence-corrected chi connectivity index (χ0v) is 12.5. The third-order valence-electron chi connectivity index (χ3n) is 2.66. The van der Waals surface area contributed by atoms with E-state index in [2.05, 4.69) is 19.2 Å². The minimum atomic E-state index is 0.275. The smallest absolute Gasteiger partial charge is 0.0624 e. The summed E-state index contributed by atoms with van der Waals surface area (Å²) in [6, 6.07) is 6.03. The molecule has 1 aromatic carbocycles. The van der Waals surface area contributed by atoms with Gasteiger partial charge in [0.15, 0.2) is 0 Å². The number of hydrogen-bond acceptors (Lipinski definition) is 2. The fraction of sp³-hybridized carbons (Fsp3) is 0.571. The van der Waals surface area contributed by atoms with Crippen LogP contribution in [-0.4, -0.2) is 25.8 Å². The maximum atomic E-state index is 6.20. The molecule has 0 heterocycles. The lowest BCUT2D eigenvalue weighted by atomic mass is 10.1. The van der Waals surface area contributed by atoms with Gasteiger partial charge in [-0.1, -0.05) is 49.2 Å². The second kappa shape index (κ2) is 8.76. The van der Waals surface area contributed by atoms with Crippen molar-refractivity contribution >= 4 is 23.2 Å². The molecule has 1 rings (SSSR count). The van der Waals surface area contributed by atoms with E-state index in [1.165, 1.54) is 0 Å². The molecule has 0 spiro atoms. The first kappa shape index (κ1) is 15.8. The highest BCUT2D eigenvalue weighted by Gasteiger charge is 2.12. The minimum Gasteiger partial charge on any atom is -0.380 e. The van der Waals surface area contributed by atoms with E-state index < -0.39 is 0 Å². The zero-order chi connectivity index (χ0) is 13.4. The molecule has 102 valence electrons. The highest BCUT2D eigenvalue weighted by atomic mass is 35.5. The van der Waals surface area contributed by atoms with Crippen LogP contribution in [0.3, 0.4) is 0 Å². The fourth-order valence-corrected chi connectivity index (χ4v) is 2.22. The van der Waals surface area contributed by atoms with Crippen molar-refractivity contribution in [2.24, 2.45) is 0 Å². The molecular weight excluding hydrogens is 269 g/mol. The second-order valence-corrected chi connectivity index (χ2v) is 5.03. The minimum absolute atomic E-state index is 0.275. The maximum Gasteiger partial charge on any atom is 0.0624 e. The average Bonchev–Trinajstić information content (AvgIpc) is 2.35. The standard InChI is InChI=1S/C14H21Cl2NO/c1-3-8-18-10-12(17-4-2)9-11-6-5-7-13(15)14(11)16/h5-7,12,17H,3-4,8-10H2,1-2H3. The Kier molecular flexibility index (Phi) is 7.68. The summed E-state index contributed by atoms with van der Waals surface area (Å²) in [6.45, 7) is 6.61. The van der Waals surface area contributed by atoms with Gasteiger partial charge >= 0.3 is 0 Å². The molecule has 0 aliphatic heterocycles. The number of hydrogen-bond donors (Lipinski definition) is 1. The van der Waals surface area contributed by atoms with Gasteiger partial charge in [-0.05, 0) is 31.0 Å². The summed E-state index contributed by atoms with van der Waals surface area (Å²) in [5.74, 6) is 0. The van der Waals surface area contributed by atoms with E-state index in [4.69, 9.17) is 27.9 Å². The van der Waals surface area contributed by atoms with E-state index in [1.807, 2.05) is 18.2 Å². The van der Waals surface area contributed by atoms with Crippen molar-refractivity contribution in [2.45, 2.75) is 32.7 Å². The summed E-state index contributed by atoms with van der Waals surface area (Å²) in [7, 11) is 0. The number of likely N-dealkylation sites (N-methyl/N-ethyl adjacent to an activating group) is 1. The molecule has 0 amide bonds. The average molecular weight is 290 g/mol. The van der Waals surface area contributed by atoms with Gasteiger partial charge in [0.2, 0.25) is 0 Å². The Bertz CT molecular complexity index is 358. The molecule has 0 fully saturated rings. The molecule has 1 unspecified atom stereocenters. The Hall–Kier alpha value is -0.280. The predicted molar refractivity (Wildman–Crippen MR) is 78.7 cm³/mol. The van der Waals surface area contributed by atoms with Gasteiger partial charge in [0.1, 0.15) is 0 Å². The summed E-state index contributed by atoms with van der Waals surface area (Å²) in [6.07, 6.45) is 1.87. The first-order valence-electron chi connectivity index (χ1n) is 6.43. The molecule has 18 heavy (non-hydrogen) atoms. The van der Waals surface area contributed by atoms with Gasteiger partial charge in [0.25, 0.3) is 0 Å². The van der Waals surface area contributed by atoms with Crippen LogP contribution in [0.25, 0.3) is 0 Å². The highest BCUT2D eigenvalue weighted by Crippen LogP contribution is 2.26. The number of rotatable bonds is 8. The van der Waals surface area contributed by atoms with Gasteiger partial charge in [-0.15, -0.1) is 0 Å². The van der Waals surface area contributed by atoms with Crippen LogP contribution >= 0.6 is 23.2 Å². The fourth-order valence-electron chi connectivity index (χ4n) is 1.82. The van der Waals surface area contributed by atoms with Gasteiger partial charge in [0, 0.05) is 12.6 Å². The lowest BCUT2D eigenvalue weighted by Crippen LogP contribution is -2.35. The van der Waals surface area contributed by atoms with E-state index in [9.17, 15) is 0 Å². The van der Waals surface area contributed by atoms with Crippen molar-refractivity contribution in [1.82, 2.24) is 5.32 Å². The van der Waals surface area contributed by atoms with E-state index in [-0.39, 0.29) is 6.04 Å². The molecule has 4 heteroatoms. The number of benzene rings is 1. The van der Waals surface area contributed by atoms with Gasteiger partial charge in [0.05, 0.1) is 16.7 Å². The zero-order valence-electron chi connectivity index (χ0n) is 11.0. The SMILES string of the molecule is CCCOCC(Cc1cccc(Cl)c1Cl)NCC. The van der Waals surface area contributed by atoms with E-state index >= 15 is 0 Å². The van der Waals surface area contributed by atoms with Gasteiger partial charge < -0.3 is 10.1 Å². The quantitative estimate of drug-likeness (QED) is 0.732.